The Morgan fingerprint density at radius 1 is 1.16 bits per heavy atom. The van der Waals surface area contributed by atoms with Crippen molar-refractivity contribution in [2.75, 3.05) is 44.2 Å². The summed E-state index contributed by atoms with van der Waals surface area (Å²) in [6, 6.07) is 4.96. The van der Waals surface area contributed by atoms with Crippen LogP contribution in [0.1, 0.15) is 38.5 Å². The highest BCUT2D eigenvalue weighted by Crippen LogP contribution is 2.24. The summed E-state index contributed by atoms with van der Waals surface area (Å²) in [4.78, 5) is 20.5. The minimum Gasteiger partial charge on any atom is -0.356 e. The van der Waals surface area contributed by atoms with Crippen molar-refractivity contribution in [2.45, 2.75) is 38.5 Å². The Morgan fingerprint density at radius 2 is 1.92 bits per heavy atom. The van der Waals surface area contributed by atoms with E-state index in [0.717, 1.165) is 70.8 Å². The number of nitrogens with one attached hydrogen (secondary N) is 1. The third-order valence-electron chi connectivity index (χ3n) is 5.32. The van der Waals surface area contributed by atoms with Gasteiger partial charge in [-0.05, 0) is 44.4 Å². The highest BCUT2D eigenvalue weighted by atomic mass is 19.1. The van der Waals surface area contributed by atoms with Crippen molar-refractivity contribution in [3.63, 3.8) is 0 Å². The summed E-state index contributed by atoms with van der Waals surface area (Å²) in [5.41, 5.74) is 0. The molecule has 0 aromatic carbocycles. The Bertz CT molecular complexity index is 554. The maximum absolute atomic E-state index is 13.2. The van der Waals surface area contributed by atoms with Crippen molar-refractivity contribution in [3.8, 4) is 0 Å². The first-order valence-corrected chi connectivity index (χ1v) is 9.60. The zero-order valence-corrected chi connectivity index (χ0v) is 14.9. The summed E-state index contributed by atoms with van der Waals surface area (Å²) in [6.45, 7) is 5.58. The van der Waals surface area contributed by atoms with E-state index < -0.39 is 5.95 Å². The number of pyridine rings is 1. The van der Waals surface area contributed by atoms with Crippen LogP contribution in [0.4, 0.5) is 10.2 Å². The Kier molecular flexibility index (Phi) is 6.62. The zero-order chi connectivity index (χ0) is 17.5. The summed E-state index contributed by atoms with van der Waals surface area (Å²) < 4.78 is 13.2. The van der Waals surface area contributed by atoms with Crippen LogP contribution in [-0.4, -0.2) is 55.1 Å². The molecule has 2 heterocycles. The zero-order valence-electron chi connectivity index (χ0n) is 14.9. The molecule has 0 unspecified atom stereocenters. The van der Waals surface area contributed by atoms with Gasteiger partial charge < -0.3 is 10.2 Å². The van der Waals surface area contributed by atoms with Gasteiger partial charge in [-0.3, -0.25) is 9.69 Å². The minimum absolute atomic E-state index is 0.258. The third kappa shape index (κ3) is 5.39. The van der Waals surface area contributed by atoms with Crippen LogP contribution >= 0.6 is 0 Å². The van der Waals surface area contributed by atoms with Gasteiger partial charge in [-0.1, -0.05) is 18.9 Å². The first-order chi connectivity index (χ1) is 12.2. The quantitative estimate of drug-likeness (QED) is 0.607. The summed E-state index contributed by atoms with van der Waals surface area (Å²) >= 11 is 0. The number of rotatable bonds is 7. The second kappa shape index (κ2) is 9.13. The first-order valence-electron chi connectivity index (χ1n) is 9.60. The third-order valence-corrected chi connectivity index (χ3v) is 5.32. The van der Waals surface area contributed by atoms with Crippen LogP contribution in [-0.2, 0) is 4.79 Å². The van der Waals surface area contributed by atoms with Crippen molar-refractivity contribution < 1.29 is 9.18 Å². The molecule has 1 aromatic heterocycles. The van der Waals surface area contributed by atoms with Gasteiger partial charge in [0.15, 0.2) is 0 Å². The molecule has 1 aliphatic carbocycles. The number of aromatic nitrogens is 1. The molecule has 6 heteroatoms. The fourth-order valence-electron chi connectivity index (χ4n) is 3.78. The maximum atomic E-state index is 13.2. The molecular formula is C19H29FN4O. The van der Waals surface area contributed by atoms with Crippen LogP contribution in [0.25, 0.3) is 0 Å². The average Bonchev–Trinajstić information content (AvgIpc) is 3.17. The number of carbonyl (C=O) groups excluding carboxylic acids is 1. The molecular weight excluding hydrogens is 319 g/mol. The standard InChI is InChI=1S/C19H29FN4O/c20-17-8-5-9-18(22-17)24-14-12-23(13-15-24)11-4-3-10-21-19(25)16-6-1-2-7-16/h5,8-9,16H,1-4,6-7,10-15H2,(H,21,25). The van der Waals surface area contributed by atoms with Gasteiger partial charge in [-0.2, -0.15) is 4.39 Å². The van der Waals surface area contributed by atoms with Gasteiger partial charge in [0, 0.05) is 38.6 Å². The van der Waals surface area contributed by atoms with Crippen LogP contribution < -0.4 is 10.2 Å². The molecule has 1 amide bonds. The van der Waals surface area contributed by atoms with E-state index in [4.69, 9.17) is 0 Å². The number of hydrogen-bond acceptors (Lipinski definition) is 4. The number of amides is 1. The van der Waals surface area contributed by atoms with Crippen molar-refractivity contribution in [3.05, 3.63) is 24.1 Å². The lowest BCUT2D eigenvalue weighted by atomic mass is 10.1. The molecule has 1 aliphatic heterocycles. The van der Waals surface area contributed by atoms with Gasteiger partial charge in [0.2, 0.25) is 11.9 Å². The SMILES string of the molecule is O=C(NCCCCN1CCN(c2cccc(F)n2)CC1)C1CCCC1. The smallest absolute Gasteiger partial charge is 0.223 e. The largest absolute Gasteiger partial charge is 0.356 e. The summed E-state index contributed by atoms with van der Waals surface area (Å²) in [5.74, 6) is 0.840. The van der Waals surface area contributed by atoms with Gasteiger partial charge >= 0.3 is 0 Å². The van der Waals surface area contributed by atoms with Crippen LogP contribution in [0.3, 0.4) is 0 Å². The van der Waals surface area contributed by atoms with E-state index in [-0.39, 0.29) is 11.8 Å². The number of unbranched alkanes of at least 4 members (excludes halogenated alkanes) is 1. The molecule has 0 atom stereocenters. The van der Waals surface area contributed by atoms with Crippen LogP contribution in [0.15, 0.2) is 18.2 Å². The second-order valence-electron chi connectivity index (χ2n) is 7.13. The molecule has 1 saturated heterocycles. The molecule has 0 radical (unpaired) electrons. The van der Waals surface area contributed by atoms with Crippen LogP contribution in [0, 0.1) is 11.9 Å². The van der Waals surface area contributed by atoms with Crippen molar-refractivity contribution in [2.24, 2.45) is 5.92 Å². The fraction of sp³-hybridized carbons (Fsp3) is 0.684. The second-order valence-corrected chi connectivity index (χ2v) is 7.13. The van der Waals surface area contributed by atoms with E-state index in [9.17, 15) is 9.18 Å². The van der Waals surface area contributed by atoms with Gasteiger partial charge in [0.05, 0.1) is 0 Å². The van der Waals surface area contributed by atoms with Gasteiger partial charge in [0.25, 0.3) is 0 Å². The first kappa shape index (κ1) is 18.1. The molecule has 1 saturated carbocycles. The Labute approximate surface area is 149 Å². The predicted octanol–water partition coefficient (Wildman–Crippen LogP) is 2.43. The number of hydrogen-bond donors (Lipinski definition) is 1. The lowest BCUT2D eigenvalue weighted by Gasteiger charge is -2.35. The van der Waals surface area contributed by atoms with E-state index in [0.29, 0.717) is 0 Å². The number of nitrogens with zero attached hydrogens (tertiary/aromatic N) is 3. The van der Waals surface area contributed by atoms with Crippen molar-refractivity contribution in [1.29, 1.82) is 0 Å². The van der Waals surface area contributed by atoms with E-state index in [1.165, 1.54) is 18.9 Å². The minimum atomic E-state index is -0.417. The lowest BCUT2D eigenvalue weighted by molar-refractivity contribution is -0.124. The fourth-order valence-corrected chi connectivity index (χ4v) is 3.78. The molecule has 2 aliphatic rings. The molecule has 2 fully saturated rings. The number of piperazine rings is 1. The Hall–Kier alpha value is -1.69. The van der Waals surface area contributed by atoms with Crippen LogP contribution in [0.2, 0.25) is 0 Å². The van der Waals surface area contributed by atoms with Gasteiger partial charge in [0.1, 0.15) is 5.82 Å². The molecule has 3 rings (SSSR count). The summed E-state index contributed by atoms with van der Waals surface area (Å²) in [5, 5.41) is 3.09. The van der Waals surface area contributed by atoms with Gasteiger partial charge in [-0.25, -0.2) is 4.98 Å². The normalized spacial score (nSPS) is 19.3. The van der Waals surface area contributed by atoms with Crippen molar-refractivity contribution >= 4 is 11.7 Å². The van der Waals surface area contributed by atoms with E-state index in [2.05, 4.69) is 20.1 Å². The van der Waals surface area contributed by atoms with Crippen molar-refractivity contribution in [1.82, 2.24) is 15.2 Å². The van der Waals surface area contributed by atoms with E-state index >= 15 is 0 Å². The average molecular weight is 348 g/mol. The lowest BCUT2D eigenvalue weighted by Crippen LogP contribution is -2.47. The molecule has 5 nitrogen and oxygen atoms in total. The van der Waals surface area contributed by atoms with E-state index in [1.54, 1.807) is 6.07 Å². The number of halogens is 1. The monoisotopic (exact) mass is 348 g/mol. The molecule has 1 N–H and O–H groups in total. The highest BCUT2D eigenvalue weighted by Gasteiger charge is 2.22. The number of carbonyl (C=O) groups is 1. The highest BCUT2D eigenvalue weighted by molar-refractivity contribution is 5.78. The Balaban J connectivity index is 1.27. The van der Waals surface area contributed by atoms with Gasteiger partial charge in [-0.15, -0.1) is 0 Å². The molecule has 1 aromatic rings. The van der Waals surface area contributed by atoms with Crippen LogP contribution in [0.5, 0.6) is 0 Å². The summed E-state index contributed by atoms with van der Waals surface area (Å²) in [6.07, 6.45) is 6.67. The predicted molar refractivity (Wildman–Crippen MR) is 97.0 cm³/mol. The maximum Gasteiger partial charge on any atom is 0.223 e. The molecule has 25 heavy (non-hydrogen) atoms. The molecule has 0 spiro atoms. The number of anilines is 1. The molecule has 138 valence electrons. The molecule has 0 bridgehead atoms. The topological polar surface area (TPSA) is 48.5 Å². The summed E-state index contributed by atoms with van der Waals surface area (Å²) in [7, 11) is 0. The van der Waals surface area contributed by atoms with E-state index in [1.807, 2.05) is 6.07 Å². The Morgan fingerprint density at radius 3 is 2.64 bits per heavy atom.